The standard InChI is InChI=1S/C21H23N3O/c1-22-11-10-18-19(8-5-9-20(18)22)21(25)24-14-12-23(13-15-24)16-17-6-3-2-4-7-17/h2-11H,12-16H2,1H3. The molecule has 1 fully saturated rings. The lowest BCUT2D eigenvalue weighted by Crippen LogP contribution is -2.48. The largest absolute Gasteiger partial charge is 0.351 e. The van der Waals surface area contributed by atoms with Crippen LogP contribution in [-0.2, 0) is 13.6 Å². The van der Waals surface area contributed by atoms with Crippen molar-refractivity contribution in [2.45, 2.75) is 6.54 Å². The second-order valence-corrected chi connectivity index (χ2v) is 6.72. The van der Waals surface area contributed by atoms with Gasteiger partial charge >= 0.3 is 0 Å². The highest BCUT2D eigenvalue weighted by Gasteiger charge is 2.23. The number of hydrogen-bond acceptors (Lipinski definition) is 2. The Kier molecular flexibility index (Phi) is 4.28. The Morgan fingerprint density at radius 3 is 2.44 bits per heavy atom. The summed E-state index contributed by atoms with van der Waals surface area (Å²) in [7, 11) is 2.01. The van der Waals surface area contributed by atoms with Crippen LogP contribution in [0.1, 0.15) is 15.9 Å². The maximum atomic E-state index is 13.0. The quantitative estimate of drug-likeness (QED) is 0.737. The SMILES string of the molecule is Cn1ccc2c(C(=O)N3CCN(Cc4ccccc4)CC3)cccc21. The zero-order valence-electron chi connectivity index (χ0n) is 14.6. The smallest absolute Gasteiger partial charge is 0.254 e. The first-order valence-electron chi connectivity index (χ1n) is 8.82. The minimum atomic E-state index is 0.149. The Balaban J connectivity index is 1.44. The Morgan fingerprint density at radius 2 is 1.68 bits per heavy atom. The number of fused-ring (bicyclic) bond motifs is 1. The van der Waals surface area contributed by atoms with Crippen molar-refractivity contribution < 1.29 is 4.79 Å². The molecular weight excluding hydrogens is 310 g/mol. The first-order valence-corrected chi connectivity index (χ1v) is 8.82. The molecule has 0 aliphatic carbocycles. The molecule has 0 atom stereocenters. The number of amides is 1. The van der Waals surface area contributed by atoms with Crippen molar-refractivity contribution >= 4 is 16.8 Å². The zero-order chi connectivity index (χ0) is 17.2. The molecular formula is C21H23N3O. The summed E-state index contributed by atoms with van der Waals surface area (Å²) >= 11 is 0. The minimum Gasteiger partial charge on any atom is -0.351 e. The van der Waals surface area contributed by atoms with Crippen molar-refractivity contribution in [2.75, 3.05) is 26.2 Å². The average Bonchev–Trinajstić information content (AvgIpc) is 3.04. The summed E-state index contributed by atoms with van der Waals surface area (Å²) in [6.45, 7) is 4.37. The molecule has 3 aromatic rings. The van der Waals surface area contributed by atoms with Crippen LogP contribution in [-0.4, -0.2) is 46.5 Å². The Bertz CT molecular complexity index is 877. The lowest BCUT2D eigenvalue weighted by molar-refractivity contribution is 0.0630. The summed E-state index contributed by atoms with van der Waals surface area (Å²) in [5, 5.41) is 1.04. The van der Waals surface area contributed by atoms with Crippen molar-refractivity contribution in [3.8, 4) is 0 Å². The van der Waals surface area contributed by atoms with E-state index in [0.29, 0.717) is 0 Å². The molecule has 1 aliphatic rings. The summed E-state index contributed by atoms with van der Waals surface area (Å²) < 4.78 is 2.06. The van der Waals surface area contributed by atoms with Crippen LogP contribution in [0, 0.1) is 0 Å². The fourth-order valence-electron chi connectivity index (χ4n) is 3.61. The zero-order valence-corrected chi connectivity index (χ0v) is 14.6. The van der Waals surface area contributed by atoms with Crippen LogP contribution < -0.4 is 0 Å². The maximum absolute atomic E-state index is 13.0. The highest BCUT2D eigenvalue weighted by molar-refractivity contribution is 6.06. The molecule has 4 rings (SSSR count). The van der Waals surface area contributed by atoms with Gasteiger partial charge in [0, 0.05) is 62.4 Å². The highest BCUT2D eigenvalue weighted by Crippen LogP contribution is 2.21. The summed E-state index contributed by atoms with van der Waals surface area (Å²) in [4.78, 5) is 17.4. The van der Waals surface area contributed by atoms with Crippen LogP contribution in [0.3, 0.4) is 0 Å². The molecule has 0 radical (unpaired) electrons. The minimum absolute atomic E-state index is 0.149. The first-order chi connectivity index (χ1) is 12.2. The van der Waals surface area contributed by atoms with Crippen molar-refractivity contribution in [3.05, 3.63) is 71.9 Å². The van der Waals surface area contributed by atoms with E-state index in [1.807, 2.05) is 42.4 Å². The molecule has 1 amide bonds. The molecule has 1 saturated heterocycles. The molecule has 2 aromatic carbocycles. The van der Waals surface area contributed by atoms with Gasteiger partial charge in [0.2, 0.25) is 0 Å². The van der Waals surface area contributed by atoms with Crippen LogP contribution in [0.5, 0.6) is 0 Å². The number of aromatic nitrogens is 1. The van der Waals surface area contributed by atoms with E-state index in [1.165, 1.54) is 5.56 Å². The number of rotatable bonds is 3. The summed E-state index contributed by atoms with van der Waals surface area (Å²) in [5.41, 5.74) is 3.25. The van der Waals surface area contributed by atoms with Gasteiger partial charge in [0.15, 0.2) is 0 Å². The van der Waals surface area contributed by atoms with E-state index in [2.05, 4.69) is 39.8 Å². The summed E-state index contributed by atoms with van der Waals surface area (Å²) in [5.74, 6) is 0.149. The third kappa shape index (κ3) is 3.17. The van der Waals surface area contributed by atoms with Crippen molar-refractivity contribution in [2.24, 2.45) is 7.05 Å². The van der Waals surface area contributed by atoms with Gasteiger partial charge in [0.1, 0.15) is 0 Å². The predicted molar refractivity (Wildman–Crippen MR) is 101 cm³/mol. The van der Waals surface area contributed by atoms with Gasteiger partial charge in [0.05, 0.1) is 0 Å². The Morgan fingerprint density at radius 1 is 0.920 bits per heavy atom. The first kappa shape index (κ1) is 15.9. The van der Waals surface area contributed by atoms with E-state index in [4.69, 9.17) is 0 Å². The fraction of sp³-hybridized carbons (Fsp3) is 0.286. The monoisotopic (exact) mass is 333 g/mol. The fourth-order valence-corrected chi connectivity index (χ4v) is 3.61. The predicted octanol–water partition coefficient (Wildman–Crippen LogP) is 3.14. The third-order valence-electron chi connectivity index (χ3n) is 5.07. The number of carbonyl (C=O) groups excluding carboxylic acids is 1. The molecule has 1 aliphatic heterocycles. The number of benzene rings is 2. The highest BCUT2D eigenvalue weighted by atomic mass is 16.2. The van der Waals surface area contributed by atoms with Crippen LogP contribution in [0.4, 0.5) is 0 Å². The van der Waals surface area contributed by atoms with Gasteiger partial charge in [-0.05, 0) is 23.8 Å². The van der Waals surface area contributed by atoms with E-state index in [0.717, 1.165) is 49.2 Å². The van der Waals surface area contributed by atoms with Gasteiger partial charge in [-0.15, -0.1) is 0 Å². The maximum Gasteiger partial charge on any atom is 0.254 e. The number of nitrogens with zero attached hydrogens (tertiary/aromatic N) is 3. The third-order valence-corrected chi connectivity index (χ3v) is 5.07. The number of hydrogen-bond donors (Lipinski definition) is 0. The summed E-state index contributed by atoms with van der Waals surface area (Å²) in [6, 6.07) is 18.5. The second kappa shape index (κ2) is 6.73. The number of aryl methyl sites for hydroxylation is 1. The molecule has 4 heteroatoms. The Labute approximate surface area is 148 Å². The topological polar surface area (TPSA) is 28.5 Å². The van der Waals surface area contributed by atoms with E-state index in [-0.39, 0.29) is 5.91 Å². The molecule has 128 valence electrons. The number of carbonyl (C=O) groups is 1. The van der Waals surface area contributed by atoms with Gasteiger partial charge in [-0.3, -0.25) is 9.69 Å². The normalized spacial score (nSPS) is 15.6. The van der Waals surface area contributed by atoms with Crippen molar-refractivity contribution in [1.82, 2.24) is 14.4 Å². The molecule has 1 aromatic heterocycles. The Hall–Kier alpha value is -2.59. The number of piperazine rings is 1. The molecule has 0 unspecified atom stereocenters. The van der Waals surface area contributed by atoms with Gasteiger partial charge in [-0.25, -0.2) is 0 Å². The molecule has 0 spiro atoms. The van der Waals surface area contributed by atoms with Crippen molar-refractivity contribution in [3.63, 3.8) is 0 Å². The van der Waals surface area contributed by atoms with E-state index in [1.54, 1.807) is 0 Å². The lowest BCUT2D eigenvalue weighted by atomic mass is 10.1. The van der Waals surface area contributed by atoms with Crippen LogP contribution in [0.15, 0.2) is 60.8 Å². The van der Waals surface area contributed by atoms with Crippen LogP contribution in [0.25, 0.3) is 10.9 Å². The lowest BCUT2D eigenvalue weighted by Gasteiger charge is -2.35. The molecule has 0 N–H and O–H groups in total. The molecule has 0 bridgehead atoms. The van der Waals surface area contributed by atoms with Crippen LogP contribution in [0.2, 0.25) is 0 Å². The second-order valence-electron chi connectivity index (χ2n) is 6.72. The summed E-state index contributed by atoms with van der Waals surface area (Å²) in [6.07, 6.45) is 2.01. The van der Waals surface area contributed by atoms with Crippen LogP contribution >= 0.6 is 0 Å². The van der Waals surface area contributed by atoms with E-state index >= 15 is 0 Å². The van der Waals surface area contributed by atoms with Gasteiger partial charge in [-0.2, -0.15) is 0 Å². The average molecular weight is 333 g/mol. The van der Waals surface area contributed by atoms with E-state index in [9.17, 15) is 4.79 Å². The molecule has 0 saturated carbocycles. The van der Waals surface area contributed by atoms with Gasteiger partial charge in [-0.1, -0.05) is 36.4 Å². The van der Waals surface area contributed by atoms with Crippen molar-refractivity contribution in [1.29, 1.82) is 0 Å². The molecule has 2 heterocycles. The van der Waals surface area contributed by atoms with E-state index < -0.39 is 0 Å². The van der Waals surface area contributed by atoms with Gasteiger partial charge in [0.25, 0.3) is 5.91 Å². The molecule has 25 heavy (non-hydrogen) atoms. The van der Waals surface area contributed by atoms with Gasteiger partial charge < -0.3 is 9.47 Å². The molecule has 4 nitrogen and oxygen atoms in total.